The highest BCUT2D eigenvalue weighted by molar-refractivity contribution is 8.13. The van der Waals surface area contributed by atoms with Gasteiger partial charge >= 0.3 is 5.97 Å². The Morgan fingerprint density at radius 3 is 2.62 bits per heavy atom. The summed E-state index contributed by atoms with van der Waals surface area (Å²) in [6, 6.07) is 0. The maximum absolute atomic E-state index is 11.3. The first kappa shape index (κ1) is 12.5. The Morgan fingerprint density at radius 2 is 2.06 bits per heavy atom. The second kappa shape index (κ2) is 4.38. The quantitative estimate of drug-likeness (QED) is 0.566. The number of carbonyl (C=O) groups excluding carboxylic acids is 1. The minimum absolute atomic E-state index is 0.259. The lowest BCUT2D eigenvalue weighted by Crippen LogP contribution is -2.38. The fourth-order valence-electron chi connectivity index (χ4n) is 2.39. The van der Waals surface area contributed by atoms with Crippen LogP contribution in [0.3, 0.4) is 0 Å². The molecule has 2 aliphatic rings. The SMILES string of the molecule is O=C1CC2(CCSCC2)C(CS(=O)(=O)Cl)O1. The smallest absolute Gasteiger partial charge is 0.306 e. The molecular formula is C9H13ClO4S2. The van der Waals surface area contributed by atoms with Gasteiger partial charge in [0.05, 0.1) is 6.42 Å². The maximum atomic E-state index is 11.3. The molecule has 0 aromatic heterocycles. The van der Waals surface area contributed by atoms with Crippen molar-refractivity contribution in [1.82, 2.24) is 0 Å². The Bertz CT molecular complexity index is 386. The predicted molar refractivity (Wildman–Crippen MR) is 63.1 cm³/mol. The molecule has 2 heterocycles. The van der Waals surface area contributed by atoms with Crippen molar-refractivity contribution in [3.8, 4) is 0 Å². The molecule has 0 radical (unpaired) electrons. The summed E-state index contributed by atoms with van der Waals surface area (Å²) in [7, 11) is 1.62. The fourth-order valence-corrected chi connectivity index (χ4v) is 4.83. The number of ether oxygens (including phenoxy) is 1. The van der Waals surface area contributed by atoms with Crippen molar-refractivity contribution in [3.63, 3.8) is 0 Å². The van der Waals surface area contributed by atoms with Gasteiger partial charge in [0, 0.05) is 16.1 Å². The maximum Gasteiger partial charge on any atom is 0.306 e. The number of esters is 1. The Labute approximate surface area is 103 Å². The van der Waals surface area contributed by atoms with Crippen LogP contribution in [0.1, 0.15) is 19.3 Å². The van der Waals surface area contributed by atoms with Gasteiger partial charge in [-0.25, -0.2) is 8.42 Å². The normalized spacial score (nSPS) is 29.3. The third kappa shape index (κ3) is 2.65. The van der Waals surface area contributed by atoms with Crippen molar-refractivity contribution in [2.45, 2.75) is 25.4 Å². The number of hydrogen-bond donors (Lipinski definition) is 0. The molecule has 2 rings (SSSR count). The summed E-state index contributed by atoms with van der Waals surface area (Å²) in [6.07, 6.45) is 1.45. The van der Waals surface area contributed by atoms with E-state index in [9.17, 15) is 13.2 Å². The lowest BCUT2D eigenvalue weighted by Gasteiger charge is -2.35. The van der Waals surface area contributed by atoms with Crippen LogP contribution in [0, 0.1) is 5.41 Å². The molecule has 0 aliphatic carbocycles. The van der Waals surface area contributed by atoms with E-state index in [1.165, 1.54) is 0 Å². The molecule has 7 heteroatoms. The number of halogens is 1. The first-order chi connectivity index (χ1) is 7.41. The summed E-state index contributed by atoms with van der Waals surface area (Å²) in [5.74, 6) is 1.35. The minimum Gasteiger partial charge on any atom is -0.461 e. The summed E-state index contributed by atoms with van der Waals surface area (Å²) in [5.41, 5.74) is -0.287. The topological polar surface area (TPSA) is 60.4 Å². The highest BCUT2D eigenvalue weighted by atomic mass is 35.7. The van der Waals surface area contributed by atoms with Gasteiger partial charge < -0.3 is 4.74 Å². The zero-order chi connectivity index (χ0) is 11.8. The van der Waals surface area contributed by atoms with E-state index < -0.39 is 15.2 Å². The first-order valence-corrected chi connectivity index (χ1v) is 8.74. The minimum atomic E-state index is -3.62. The van der Waals surface area contributed by atoms with Gasteiger partial charge in [0.2, 0.25) is 9.05 Å². The Hall–Kier alpha value is 0.0600. The lowest BCUT2D eigenvalue weighted by molar-refractivity contribution is -0.140. The first-order valence-electron chi connectivity index (χ1n) is 5.11. The predicted octanol–water partition coefficient (Wildman–Crippen LogP) is 1.38. The highest BCUT2D eigenvalue weighted by Gasteiger charge is 2.50. The van der Waals surface area contributed by atoms with Crippen LogP contribution in [-0.4, -0.2) is 37.7 Å². The largest absolute Gasteiger partial charge is 0.461 e. The molecule has 16 heavy (non-hydrogen) atoms. The van der Waals surface area contributed by atoms with Crippen LogP contribution in [0.25, 0.3) is 0 Å². The molecule has 4 nitrogen and oxygen atoms in total. The van der Waals surface area contributed by atoms with Crippen LogP contribution in [0.5, 0.6) is 0 Å². The summed E-state index contributed by atoms with van der Waals surface area (Å²) in [6.45, 7) is 0. The van der Waals surface area contributed by atoms with E-state index in [0.717, 1.165) is 24.3 Å². The number of thioether (sulfide) groups is 1. The van der Waals surface area contributed by atoms with Gasteiger partial charge in [-0.3, -0.25) is 4.79 Å². The molecule has 1 spiro atoms. The van der Waals surface area contributed by atoms with Gasteiger partial charge in [-0.1, -0.05) is 0 Å². The molecule has 1 atom stereocenters. The van der Waals surface area contributed by atoms with E-state index in [1.54, 1.807) is 0 Å². The Balaban J connectivity index is 2.18. The second-order valence-electron chi connectivity index (χ2n) is 4.34. The third-order valence-electron chi connectivity index (χ3n) is 3.29. The van der Waals surface area contributed by atoms with Crippen molar-refractivity contribution < 1.29 is 17.9 Å². The Kier molecular flexibility index (Phi) is 3.43. The van der Waals surface area contributed by atoms with Crippen molar-refractivity contribution in [2.24, 2.45) is 5.41 Å². The molecule has 0 amide bonds. The zero-order valence-electron chi connectivity index (χ0n) is 8.65. The molecule has 2 saturated heterocycles. The van der Waals surface area contributed by atoms with Crippen LogP contribution >= 0.6 is 22.4 Å². The van der Waals surface area contributed by atoms with Gasteiger partial charge in [0.25, 0.3) is 0 Å². The molecule has 0 aromatic rings. The molecule has 0 N–H and O–H groups in total. The van der Waals surface area contributed by atoms with E-state index in [2.05, 4.69) is 0 Å². The third-order valence-corrected chi connectivity index (χ3v) is 5.36. The summed E-state index contributed by atoms with van der Waals surface area (Å²) < 4.78 is 27.3. The number of cyclic esters (lactones) is 1. The van der Waals surface area contributed by atoms with E-state index in [0.29, 0.717) is 6.42 Å². The molecule has 1 unspecified atom stereocenters. The van der Waals surface area contributed by atoms with Gasteiger partial charge in [-0.15, -0.1) is 0 Å². The van der Waals surface area contributed by atoms with Gasteiger partial charge in [-0.2, -0.15) is 11.8 Å². The van der Waals surface area contributed by atoms with Gasteiger partial charge in [0.1, 0.15) is 11.9 Å². The van der Waals surface area contributed by atoms with Crippen LogP contribution in [-0.2, 0) is 18.6 Å². The van der Waals surface area contributed by atoms with Crippen molar-refractivity contribution >= 4 is 37.5 Å². The van der Waals surface area contributed by atoms with E-state index in [1.807, 2.05) is 11.8 Å². The summed E-state index contributed by atoms with van der Waals surface area (Å²) in [5, 5.41) is 0. The number of hydrogen-bond acceptors (Lipinski definition) is 5. The molecular weight excluding hydrogens is 272 g/mol. The van der Waals surface area contributed by atoms with Crippen molar-refractivity contribution in [1.29, 1.82) is 0 Å². The lowest BCUT2D eigenvalue weighted by atomic mass is 9.76. The molecule has 0 aromatic carbocycles. The molecule has 0 saturated carbocycles. The Morgan fingerprint density at radius 1 is 1.44 bits per heavy atom. The summed E-state index contributed by atoms with van der Waals surface area (Å²) >= 11 is 1.83. The molecule has 2 fully saturated rings. The van der Waals surface area contributed by atoms with E-state index in [4.69, 9.17) is 15.4 Å². The van der Waals surface area contributed by atoms with Crippen LogP contribution in [0.4, 0.5) is 0 Å². The number of rotatable bonds is 2. The fraction of sp³-hybridized carbons (Fsp3) is 0.889. The second-order valence-corrected chi connectivity index (χ2v) is 8.38. The number of carbonyl (C=O) groups is 1. The molecule has 0 bridgehead atoms. The van der Waals surface area contributed by atoms with Gasteiger partial charge in [0.15, 0.2) is 0 Å². The van der Waals surface area contributed by atoms with E-state index >= 15 is 0 Å². The van der Waals surface area contributed by atoms with Crippen molar-refractivity contribution in [3.05, 3.63) is 0 Å². The monoisotopic (exact) mass is 284 g/mol. The molecule has 92 valence electrons. The summed E-state index contributed by atoms with van der Waals surface area (Å²) in [4.78, 5) is 11.3. The van der Waals surface area contributed by atoms with Gasteiger partial charge in [-0.05, 0) is 24.3 Å². The zero-order valence-corrected chi connectivity index (χ0v) is 11.0. The van der Waals surface area contributed by atoms with Crippen LogP contribution in [0.2, 0.25) is 0 Å². The van der Waals surface area contributed by atoms with Crippen molar-refractivity contribution in [2.75, 3.05) is 17.3 Å². The average molecular weight is 285 g/mol. The van der Waals surface area contributed by atoms with Crippen LogP contribution < -0.4 is 0 Å². The highest BCUT2D eigenvalue weighted by Crippen LogP contribution is 2.47. The standard InChI is InChI=1S/C9H13ClO4S2/c10-16(12,13)6-7-9(5-8(11)14-7)1-3-15-4-2-9/h7H,1-6H2. The molecule has 2 aliphatic heterocycles. The van der Waals surface area contributed by atoms with E-state index in [-0.39, 0.29) is 17.1 Å². The average Bonchev–Trinajstić information content (AvgIpc) is 2.41. The van der Waals surface area contributed by atoms with Crippen LogP contribution in [0.15, 0.2) is 0 Å².